The molecule has 0 saturated carbocycles. The lowest BCUT2D eigenvalue weighted by Crippen LogP contribution is -2.28. The Hall–Kier alpha value is -1.51. The van der Waals surface area contributed by atoms with E-state index in [1.807, 2.05) is 17.2 Å². The molecule has 64 valence electrons. The van der Waals surface area contributed by atoms with Crippen LogP contribution in [0.3, 0.4) is 0 Å². The summed E-state index contributed by atoms with van der Waals surface area (Å²) in [7, 11) is 0. The Morgan fingerprint density at radius 1 is 1.83 bits per heavy atom. The first-order valence-corrected chi connectivity index (χ1v) is 3.76. The van der Waals surface area contributed by atoms with Gasteiger partial charge in [0.05, 0.1) is 0 Å². The highest BCUT2D eigenvalue weighted by atomic mass is 16.1. The van der Waals surface area contributed by atoms with Crippen LogP contribution in [0.15, 0.2) is 36.6 Å². The van der Waals surface area contributed by atoms with Crippen molar-refractivity contribution in [2.75, 3.05) is 13.1 Å². The van der Waals surface area contributed by atoms with Gasteiger partial charge < -0.3 is 10.6 Å². The highest BCUT2D eigenvalue weighted by molar-refractivity contribution is 5.92. The Morgan fingerprint density at radius 3 is 3.17 bits per heavy atom. The molecule has 1 rings (SSSR count). The number of hydrogen-bond donors (Lipinski definition) is 1. The summed E-state index contributed by atoms with van der Waals surface area (Å²) < 4.78 is 0. The minimum absolute atomic E-state index is 0.353. The normalized spacial score (nSPS) is 15.7. The molecule has 0 radical (unpaired) electrons. The molecule has 1 aliphatic rings. The van der Waals surface area contributed by atoms with E-state index >= 15 is 0 Å². The molecule has 0 aromatic heterocycles. The third kappa shape index (κ3) is 1.99. The molecule has 1 heterocycles. The van der Waals surface area contributed by atoms with Crippen LogP contribution in [0.25, 0.3) is 0 Å². The topological polar surface area (TPSA) is 46.3 Å². The van der Waals surface area contributed by atoms with E-state index in [9.17, 15) is 4.79 Å². The van der Waals surface area contributed by atoms with Crippen molar-refractivity contribution in [1.82, 2.24) is 4.90 Å². The van der Waals surface area contributed by atoms with E-state index < -0.39 is 0 Å². The van der Waals surface area contributed by atoms with Gasteiger partial charge in [0.25, 0.3) is 0 Å². The number of hydrogen-bond acceptors (Lipinski definition) is 2. The molecule has 3 nitrogen and oxygen atoms in total. The highest BCUT2D eigenvalue weighted by Gasteiger charge is 2.09. The van der Waals surface area contributed by atoms with E-state index in [1.54, 1.807) is 12.2 Å². The summed E-state index contributed by atoms with van der Waals surface area (Å²) in [6, 6.07) is 0. The lowest BCUT2D eigenvalue weighted by Gasteiger charge is -2.21. The number of primary amides is 1. The van der Waals surface area contributed by atoms with E-state index in [1.165, 1.54) is 0 Å². The summed E-state index contributed by atoms with van der Waals surface area (Å²) in [5.41, 5.74) is 5.77. The van der Waals surface area contributed by atoms with Crippen LogP contribution < -0.4 is 5.73 Å². The molecule has 0 saturated heterocycles. The van der Waals surface area contributed by atoms with Gasteiger partial charge in [0.15, 0.2) is 0 Å². The minimum atomic E-state index is -0.353. The fourth-order valence-electron chi connectivity index (χ4n) is 1.06. The number of carbonyl (C=O) groups excluding carboxylic acids is 1. The van der Waals surface area contributed by atoms with Crippen molar-refractivity contribution in [3.63, 3.8) is 0 Å². The van der Waals surface area contributed by atoms with Gasteiger partial charge >= 0.3 is 0 Å². The molecular weight excluding hydrogens is 152 g/mol. The first-order valence-electron chi connectivity index (χ1n) is 3.76. The first-order chi connectivity index (χ1) is 5.74. The Morgan fingerprint density at radius 2 is 2.58 bits per heavy atom. The number of allylic oxidation sites excluding steroid dienone is 2. The molecule has 3 heteroatoms. The van der Waals surface area contributed by atoms with Crippen molar-refractivity contribution in [2.24, 2.45) is 5.73 Å². The molecule has 12 heavy (non-hydrogen) atoms. The zero-order chi connectivity index (χ0) is 8.97. The predicted octanol–water partition coefficient (Wildman–Crippen LogP) is 0.413. The number of rotatable bonds is 3. The van der Waals surface area contributed by atoms with Crippen LogP contribution in [0.1, 0.15) is 0 Å². The van der Waals surface area contributed by atoms with Gasteiger partial charge in [-0.05, 0) is 12.3 Å². The Balaban J connectivity index is 2.60. The monoisotopic (exact) mass is 164 g/mol. The number of amides is 1. The van der Waals surface area contributed by atoms with Crippen molar-refractivity contribution in [3.05, 3.63) is 36.6 Å². The van der Waals surface area contributed by atoms with Crippen molar-refractivity contribution in [3.8, 4) is 0 Å². The largest absolute Gasteiger partial charge is 0.369 e. The molecular formula is C9H12N2O. The molecule has 0 atom stereocenters. The van der Waals surface area contributed by atoms with Crippen molar-refractivity contribution in [2.45, 2.75) is 0 Å². The van der Waals surface area contributed by atoms with Crippen LogP contribution in [0.2, 0.25) is 0 Å². The quantitative estimate of drug-likeness (QED) is 0.614. The lowest BCUT2D eigenvalue weighted by atomic mass is 10.2. The summed E-state index contributed by atoms with van der Waals surface area (Å²) in [4.78, 5) is 12.7. The van der Waals surface area contributed by atoms with Crippen LogP contribution in [-0.4, -0.2) is 23.9 Å². The zero-order valence-corrected chi connectivity index (χ0v) is 6.86. The third-order valence-corrected chi connectivity index (χ3v) is 1.65. The maximum atomic E-state index is 10.8. The Labute approximate surface area is 71.8 Å². The maximum absolute atomic E-state index is 10.8. The second-order valence-corrected chi connectivity index (χ2v) is 2.62. The van der Waals surface area contributed by atoms with E-state index in [-0.39, 0.29) is 5.91 Å². The van der Waals surface area contributed by atoms with Gasteiger partial charge in [-0.15, -0.1) is 6.58 Å². The Bertz CT molecular complexity index is 253. The predicted molar refractivity (Wildman–Crippen MR) is 48.2 cm³/mol. The molecule has 0 aromatic carbocycles. The fourth-order valence-corrected chi connectivity index (χ4v) is 1.06. The standard InChI is InChI=1S/C9H12N2O/c1-2-5-11-6-3-4-8(7-11)9(10)12/h2-4,6H,1,5,7H2,(H2,10,12). The number of carbonyl (C=O) groups is 1. The van der Waals surface area contributed by atoms with E-state index in [0.29, 0.717) is 12.1 Å². The summed E-state index contributed by atoms with van der Waals surface area (Å²) in [5, 5.41) is 0. The molecule has 0 aromatic rings. The van der Waals surface area contributed by atoms with Crippen LogP contribution in [0.4, 0.5) is 0 Å². The maximum Gasteiger partial charge on any atom is 0.246 e. The van der Waals surface area contributed by atoms with Gasteiger partial charge in [-0.25, -0.2) is 0 Å². The molecule has 1 amide bonds. The SMILES string of the molecule is C=CCN1C=CC=C(C(N)=O)C1. The molecule has 0 bridgehead atoms. The summed E-state index contributed by atoms with van der Waals surface area (Å²) in [5.74, 6) is -0.353. The summed E-state index contributed by atoms with van der Waals surface area (Å²) in [6.07, 6.45) is 7.25. The molecule has 0 aliphatic carbocycles. The van der Waals surface area contributed by atoms with Gasteiger partial charge in [0, 0.05) is 18.7 Å². The lowest BCUT2D eigenvalue weighted by molar-refractivity contribution is -0.114. The van der Waals surface area contributed by atoms with Crippen LogP contribution in [-0.2, 0) is 4.79 Å². The van der Waals surface area contributed by atoms with Crippen LogP contribution in [0, 0.1) is 0 Å². The number of nitrogens with two attached hydrogens (primary N) is 1. The van der Waals surface area contributed by atoms with Crippen molar-refractivity contribution in [1.29, 1.82) is 0 Å². The van der Waals surface area contributed by atoms with E-state index in [4.69, 9.17) is 5.73 Å². The van der Waals surface area contributed by atoms with Crippen LogP contribution >= 0.6 is 0 Å². The van der Waals surface area contributed by atoms with Crippen molar-refractivity contribution >= 4 is 5.91 Å². The second kappa shape index (κ2) is 3.76. The van der Waals surface area contributed by atoms with E-state index in [0.717, 1.165) is 6.54 Å². The molecule has 2 N–H and O–H groups in total. The molecule has 0 fully saturated rings. The van der Waals surface area contributed by atoms with E-state index in [2.05, 4.69) is 6.58 Å². The Kier molecular flexibility index (Phi) is 2.69. The molecule has 0 spiro atoms. The van der Waals surface area contributed by atoms with Gasteiger partial charge in [-0.1, -0.05) is 12.2 Å². The highest BCUT2D eigenvalue weighted by Crippen LogP contribution is 2.05. The number of nitrogens with zero attached hydrogens (tertiary/aromatic N) is 1. The molecule has 1 aliphatic heterocycles. The average Bonchev–Trinajstić information content (AvgIpc) is 2.05. The van der Waals surface area contributed by atoms with Gasteiger partial charge in [0.2, 0.25) is 5.91 Å². The van der Waals surface area contributed by atoms with Crippen LogP contribution in [0.5, 0.6) is 0 Å². The minimum Gasteiger partial charge on any atom is -0.369 e. The zero-order valence-electron chi connectivity index (χ0n) is 6.86. The smallest absolute Gasteiger partial charge is 0.246 e. The summed E-state index contributed by atoms with van der Waals surface area (Å²) >= 11 is 0. The first kappa shape index (κ1) is 8.59. The third-order valence-electron chi connectivity index (χ3n) is 1.65. The average molecular weight is 164 g/mol. The van der Waals surface area contributed by atoms with Crippen molar-refractivity contribution < 1.29 is 4.79 Å². The van der Waals surface area contributed by atoms with Gasteiger partial charge in [-0.2, -0.15) is 0 Å². The second-order valence-electron chi connectivity index (χ2n) is 2.62. The summed E-state index contributed by atoms with van der Waals surface area (Å²) in [6.45, 7) is 4.93. The van der Waals surface area contributed by atoms with Gasteiger partial charge in [0.1, 0.15) is 0 Å². The fraction of sp³-hybridized carbons (Fsp3) is 0.222. The molecule has 0 unspecified atom stereocenters. The van der Waals surface area contributed by atoms with Gasteiger partial charge in [-0.3, -0.25) is 4.79 Å².